The average molecular weight is 389 g/mol. The quantitative estimate of drug-likeness (QED) is 0.238. The van der Waals surface area contributed by atoms with Crippen LogP contribution in [-0.2, 0) is 19.1 Å². The number of benzene rings is 1. The summed E-state index contributed by atoms with van der Waals surface area (Å²) in [6, 6.07) is 7.63. The predicted octanol–water partition coefficient (Wildman–Crippen LogP) is 5.10. The number of carbonyl (C=O) groups is 2. The van der Waals surface area contributed by atoms with Crippen LogP contribution in [0, 0.1) is 0 Å². The Kier molecular flexibility index (Phi) is 13.0. The smallest absolute Gasteiger partial charge is 0.330 e. The Morgan fingerprint density at radius 1 is 0.857 bits per heavy atom. The molecule has 5 heteroatoms. The third-order valence-corrected chi connectivity index (χ3v) is 4.21. The Labute approximate surface area is 168 Å². The van der Waals surface area contributed by atoms with Crippen LogP contribution in [0.1, 0.15) is 56.9 Å². The fourth-order valence-electron chi connectivity index (χ4n) is 2.59. The molecule has 0 amide bonds. The molecule has 0 atom stereocenters. The molecule has 1 aromatic rings. The molecule has 28 heavy (non-hydrogen) atoms. The highest BCUT2D eigenvalue weighted by Gasteiger charge is 1.98. The van der Waals surface area contributed by atoms with Crippen LogP contribution in [0.2, 0.25) is 0 Å². The molecule has 0 unspecified atom stereocenters. The van der Waals surface area contributed by atoms with Crippen LogP contribution in [0.3, 0.4) is 0 Å². The summed E-state index contributed by atoms with van der Waals surface area (Å²) in [6.45, 7) is 4.57. The van der Waals surface area contributed by atoms with Gasteiger partial charge in [0.2, 0.25) is 0 Å². The highest BCUT2D eigenvalue weighted by atomic mass is 16.5. The molecule has 1 aromatic carbocycles. The Balaban J connectivity index is 1.97. The minimum atomic E-state index is -0.366. The molecule has 0 bridgehead atoms. The van der Waals surface area contributed by atoms with Crippen LogP contribution in [0.4, 0.5) is 0 Å². The van der Waals surface area contributed by atoms with Crippen molar-refractivity contribution >= 4 is 18.0 Å². The van der Waals surface area contributed by atoms with E-state index in [4.69, 9.17) is 9.47 Å². The summed E-state index contributed by atoms with van der Waals surface area (Å²) in [5.41, 5.74) is 0.927. The first-order chi connectivity index (χ1) is 13.7. The van der Waals surface area contributed by atoms with Crippen LogP contribution >= 0.6 is 0 Å². The van der Waals surface area contributed by atoms with Crippen molar-refractivity contribution in [1.82, 2.24) is 0 Å². The van der Waals surface area contributed by atoms with E-state index < -0.39 is 0 Å². The molecule has 0 aliphatic rings. The van der Waals surface area contributed by atoms with Crippen LogP contribution in [0.15, 0.2) is 43.0 Å². The normalized spacial score (nSPS) is 10.6. The van der Waals surface area contributed by atoms with Crippen molar-refractivity contribution in [3.05, 3.63) is 48.6 Å². The summed E-state index contributed by atoms with van der Waals surface area (Å²) >= 11 is 0. The number of hydrogen-bond acceptors (Lipinski definition) is 5. The maximum atomic E-state index is 11.1. The molecule has 0 heterocycles. The van der Waals surface area contributed by atoms with E-state index in [1.54, 1.807) is 6.08 Å². The molecule has 0 aliphatic heterocycles. The molecule has 0 radical (unpaired) electrons. The van der Waals surface area contributed by atoms with Crippen molar-refractivity contribution in [2.24, 2.45) is 0 Å². The number of methoxy groups -OCH3 is 1. The molecule has 0 saturated carbocycles. The number of rotatable bonds is 15. The van der Waals surface area contributed by atoms with E-state index in [1.807, 2.05) is 24.3 Å². The first-order valence-electron chi connectivity index (χ1n) is 9.94. The van der Waals surface area contributed by atoms with Crippen LogP contribution < -0.4 is 4.74 Å². The molecule has 0 spiro atoms. The summed E-state index contributed by atoms with van der Waals surface area (Å²) in [6.07, 6.45) is 13.4. The van der Waals surface area contributed by atoms with Gasteiger partial charge in [-0.15, -0.1) is 0 Å². The SMILES string of the molecule is C=CC(=O)OCCCCCCCCCCOc1ccc(C=CC(=O)OC)cc1. The number of esters is 2. The summed E-state index contributed by atoms with van der Waals surface area (Å²) in [7, 11) is 1.36. The zero-order valence-corrected chi connectivity index (χ0v) is 16.9. The lowest BCUT2D eigenvalue weighted by Gasteiger charge is -2.06. The van der Waals surface area contributed by atoms with Crippen molar-refractivity contribution in [2.45, 2.75) is 51.4 Å². The molecular formula is C23H32O5. The first-order valence-corrected chi connectivity index (χ1v) is 9.94. The molecule has 154 valence electrons. The third kappa shape index (κ3) is 11.9. The van der Waals surface area contributed by atoms with Gasteiger partial charge in [0, 0.05) is 12.2 Å². The second-order valence-corrected chi connectivity index (χ2v) is 6.47. The maximum Gasteiger partial charge on any atom is 0.330 e. The van der Waals surface area contributed by atoms with Crippen LogP contribution in [0.5, 0.6) is 5.75 Å². The highest BCUT2D eigenvalue weighted by Crippen LogP contribution is 2.14. The van der Waals surface area contributed by atoms with Gasteiger partial charge in [-0.25, -0.2) is 9.59 Å². The number of unbranched alkanes of at least 4 members (excludes halogenated alkanes) is 7. The lowest BCUT2D eigenvalue weighted by atomic mass is 10.1. The second-order valence-electron chi connectivity index (χ2n) is 6.47. The van der Waals surface area contributed by atoms with Gasteiger partial charge in [0.25, 0.3) is 0 Å². The van der Waals surface area contributed by atoms with Gasteiger partial charge in [0.05, 0.1) is 20.3 Å². The summed E-state index contributed by atoms with van der Waals surface area (Å²) in [5, 5.41) is 0. The van der Waals surface area contributed by atoms with Gasteiger partial charge in [0.15, 0.2) is 0 Å². The third-order valence-electron chi connectivity index (χ3n) is 4.21. The number of carbonyl (C=O) groups excluding carboxylic acids is 2. The summed E-state index contributed by atoms with van der Waals surface area (Å²) in [5.74, 6) is 0.135. The van der Waals surface area contributed by atoms with E-state index >= 15 is 0 Å². The molecule has 5 nitrogen and oxygen atoms in total. The molecule has 0 fully saturated rings. The fraction of sp³-hybridized carbons (Fsp3) is 0.478. The summed E-state index contributed by atoms with van der Waals surface area (Å²) in [4.78, 5) is 21.9. The van der Waals surface area contributed by atoms with Gasteiger partial charge in [0.1, 0.15) is 5.75 Å². The first kappa shape index (κ1) is 23.5. The highest BCUT2D eigenvalue weighted by molar-refractivity contribution is 5.86. The maximum absolute atomic E-state index is 11.1. The lowest BCUT2D eigenvalue weighted by Crippen LogP contribution is -2.01. The van der Waals surface area contributed by atoms with E-state index in [0.29, 0.717) is 13.2 Å². The average Bonchev–Trinajstić information content (AvgIpc) is 2.73. The van der Waals surface area contributed by atoms with Crippen LogP contribution in [0.25, 0.3) is 6.08 Å². The molecule has 0 aliphatic carbocycles. The Hall–Kier alpha value is -2.56. The van der Waals surface area contributed by atoms with Crippen LogP contribution in [-0.4, -0.2) is 32.3 Å². The predicted molar refractivity (Wildman–Crippen MR) is 111 cm³/mol. The molecule has 0 aromatic heterocycles. The fourth-order valence-corrected chi connectivity index (χ4v) is 2.59. The van der Waals surface area contributed by atoms with Gasteiger partial charge < -0.3 is 14.2 Å². The van der Waals surface area contributed by atoms with Gasteiger partial charge in [-0.1, -0.05) is 57.2 Å². The largest absolute Gasteiger partial charge is 0.494 e. The number of hydrogen-bond donors (Lipinski definition) is 0. The molecule has 0 saturated heterocycles. The number of ether oxygens (including phenoxy) is 3. The van der Waals surface area contributed by atoms with E-state index in [0.717, 1.165) is 37.0 Å². The van der Waals surface area contributed by atoms with Gasteiger partial charge in [-0.05, 0) is 36.6 Å². The second kappa shape index (κ2) is 15.5. The molecular weight excluding hydrogens is 356 g/mol. The van der Waals surface area contributed by atoms with Crippen molar-refractivity contribution in [1.29, 1.82) is 0 Å². The minimum Gasteiger partial charge on any atom is -0.494 e. The van der Waals surface area contributed by atoms with E-state index in [9.17, 15) is 9.59 Å². The molecule has 1 rings (SSSR count). The van der Waals surface area contributed by atoms with Crippen molar-refractivity contribution in [2.75, 3.05) is 20.3 Å². The van der Waals surface area contributed by atoms with E-state index in [2.05, 4.69) is 11.3 Å². The Bertz CT molecular complexity index is 604. The van der Waals surface area contributed by atoms with Gasteiger partial charge in [-0.2, -0.15) is 0 Å². The zero-order valence-electron chi connectivity index (χ0n) is 16.9. The van der Waals surface area contributed by atoms with Gasteiger partial charge >= 0.3 is 11.9 Å². The minimum absolute atomic E-state index is 0.339. The lowest BCUT2D eigenvalue weighted by molar-refractivity contribution is -0.138. The van der Waals surface area contributed by atoms with Crippen molar-refractivity contribution < 1.29 is 23.8 Å². The Morgan fingerprint density at radius 3 is 2.00 bits per heavy atom. The zero-order chi connectivity index (χ0) is 20.5. The van der Waals surface area contributed by atoms with Gasteiger partial charge in [-0.3, -0.25) is 0 Å². The monoisotopic (exact) mass is 388 g/mol. The standard InChI is InChI=1S/C23H32O5/c1-3-22(24)28-19-11-9-7-5-4-6-8-10-18-27-21-15-12-20(13-16-21)14-17-23(25)26-2/h3,12-17H,1,4-11,18-19H2,2H3. The Morgan fingerprint density at radius 2 is 1.43 bits per heavy atom. The molecule has 0 N–H and O–H groups in total. The van der Waals surface area contributed by atoms with Crippen molar-refractivity contribution in [3.8, 4) is 5.75 Å². The van der Waals surface area contributed by atoms with Crippen molar-refractivity contribution in [3.63, 3.8) is 0 Å². The van der Waals surface area contributed by atoms with E-state index in [1.165, 1.54) is 44.9 Å². The topological polar surface area (TPSA) is 61.8 Å². The van der Waals surface area contributed by atoms with E-state index in [-0.39, 0.29) is 11.9 Å². The summed E-state index contributed by atoms with van der Waals surface area (Å²) < 4.78 is 15.2.